The summed E-state index contributed by atoms with van der Waals surface area (Å²) >= 11 is 0. The minimum atomic E-state index is 0.708. The summed E-state index contributed by atoms with van der Waals surface area (Å²) in [6.07, 6.45) is 12.8. The fraction of sp³-hybridized carbons (Fsp3) is 0.545. The number of hydrogen-bond donors (Lipinski definition) is 1. The van der Waals surface area contributed by atoms with E-state index in [9.17, 15) is 4.79 Å². The van der Waals surface area contributed by atoms with Crippen LogP contribution in [0.1, 0.15) is 64.9 Å². The molecule has 1 aromatic heterocycles. The standard InChI is InChI=1S/C22H33N3O/c1-5-18(6-2)10-11-19-12-13-21(24-15-19)25(4)22(20-8-7-9-20)17(3)14-23-16-26/h12-16,18H,5-11H2,1-4H3,(H,23,26)/b17-14-. The lowest BCUT2D eigenvalue weighted by Crippen LogP contribution is -2.23. The van der Waals surface area contributed by atoms with E-state index in [0.717, 1.165) is 36.6 Å². The Balaban J connectivity index is 2.12. The number of allylic oxidation sites excluding steroid dienone is 2. The van der Waals surface area contributed by atoms with Crippen LogP contribution in [0, 0.1) is 5.92 Å². The van der Waals surface area contributed by atoms with Gasteiger partial charge in [-0.3, -0.25) is 4.79 Å². The van der Waals surface area contributed by atoms with Crippen LogP contribution >= 0.6 is 0 Å². The van der Waals surface area contributed by atoms with Crippen molar-refractivity contribution in [3.63, 3.8) is 0 Å². The van der Waals surface area contributed by atoms with E-state index in [4.69, 9.17) is 4.98 Å². The highest BCUT2D eigenvalue weighted by Gasteiger charge is 2.20. The Morgan fingerprint density at radius 1 is 1.31 bits per heavy atom. The van der Waals surface area contributed by atoms with Crippen LogP contribution < -0.4 is 10.2 Å². The van der Waals surface area contributed by atoms with Gasteiger partial charge in [-0.25, -0.2) is 4.98 Å². The first-order valence-electron chi connectivity index (χ1n) is 9.88. The average Bonchev–Trinajstić information content (AvgIpc) is 2.63. The third kappa shape index (κ3) is 5.20. The van der Waals surface area contributed by atoms with E-state index in [1.54, 1.807) is 6.20 Å². The van der Waals surface area contributed by atoms with E-state index >= 15 is 0 Å². The van der Waals surface area contributed by atoms with Gasteiger partial charge in [0.15, 0.2) is 0 Å². The molecule has 0 aliphatic heterocycles. The van der Waals surface area contributed by atoms with Gasteiger partial charge >= 0.3 is 0 Å². The molecule has 0 atom stereocenters. The smallest absolute Gasteiger partial charge is 0.211 e. The molecule has 0 saturated heterocycles. The summed E-state index contributed by atoms with van der Waals surface area (Å²) in [5.41, 5.74) is 4.99. The monoisotopic (exact) mass is 355 g/mol. The number of amides is 1. The number of nitrogens with one attached hydrogen (secondary N) is 1. The van der Waals surface area contributed by atoms with Gasteiger partial charge in [0.05, 0.1) is 0 Å². The number of anilines is 1. The zero-order valence-electron chi connectivity index (χ0n) is 16.7. The summed E-state index contributed by atoms with van der Waals surface area (Å²) in [6.45, 7) is 6.59. The van der Waals surface area contributed by atoms with Gasteiger partial charge in [0.1, 0.15) is 5.82 Å². The molecule has 1 aromatic rings. The van der Waals surface area contributed by atoms with Crippen molar-refractivity contribution in [2.24, 2.45) is 5.92 Å². The Kier molecular flexibility index (Phi) is 7.89. The van der Waals surface area contributed by atoms with Crippen molar-refractivity contribution in [2.45, 2.75) is 65.7 Å². The maximum Gasteiger partial charge on any atom is 0.211 e. The summed E-state index contributed by atoms with van der Waals surface area (Å²) in [7, 11) is 2.06. The topological polar surface area (TPSA) is 45.2 Å². The number of aromatic nitrogens is 1. The second-order valence-electron chi connectivity index (χ2n) is 7.22. The number of nitrogens with zero attached hydrogens (tertiary/aromatic N) is 2. The molecule has 4 heteroatoms. The molecule has 0 unspecified atom stereocenters. The van der Waals surface area contributed by atoms with E-state index < -0.39 is 0 Å². The van der Waals surface area contributed by atoms with Crippen LogP contribution in [-0.4, -0.2) is 18.4 Å². The molecule has 0 spiro atoms. The highest BCUT2D eigenvalue weighted by Crippen LogP contribution is 2.34. The van der Waals surface area contributed by atoms with E-state index in [0.29, 0.717) is 6.41 Å². The third-order valence-corrected chi connectivity index (χ3v) is 5.52. The molecular formula is C22H33N3O. The van der Waals surface area contributed by atoms with Gasteiger partial charge in [-0.1, -0.05) is 32.8 Å². The molecule has 26 heavy (non-hydrogen) atoms. The molecule has 4 nitrogen and oxygen atoms in total. The van der Waals surface area contributed by atoms with Crippen LogP contribution in [0.15, 0.2) is 41.4 Å². The molecule has 1 saturated carbocycles. The average molecular weight is 356 g/mol. The predicted molar refractivity (Wildman–Crippen MR) is 109 cm³/mol. The van der Waals surface area contributed by atoms with Gasteiger partial charge in [-0.15, -0.1) is 0 Å². The highest BCUT2D eigenvalue weighted by atomic mass is 16.1. The van der Waals surface area contributed by atoms with E-state index in [1.165, 1.54) is 42.5 Å². The lowest BCUT2D eigenvalue weighted by molar-refractivity contribution is -0.108. The predicted octanol–water partition coefficient (Wildman–Crippen LogP) is 4.97. The van der Waals surface area contributed by atoms with Crippen LogP contribution in [0.2, 0.25) is 0 Å². The first kappa shape index (κ1) is 20.2. The first-order valence-corrected chi connectivity index (χ1v) is 9.88. The van der Waals surface area contributed by atoms with Gasteiger partial charge in [-0.05, 0) is 67.7 Å². The number of pyridine rings is 1. The van der Waals surface area contributed by atoms with Gasteiger partial charge in [0.2, 0.25) is 6.41 Å². The second kappa shape index (κ2) is 10.1. The van der Waals surface area contributed by atoms with Crippen molar-refractivity contribution >= 4 is 12.2 Å². The molecule has 1 heterocycles. The summed E-state index contributed by atoms with van der Waals surface area (Å²) in [6, 6.07) is 4.31. The minimum Gasteiger partial charge on any atom is -0.335 e. The highest BCUT2D eigenvalue weighted by molar-refractivity contribution is 5.56. The molecule has 0 bridgehead atoms. The number of carbonyl (C=O) groups is 1. The number of rotatable bonds is 10. The van der Waals surface area contributed by atoms with E-state index in [-0.39, 0.29) is 0 Å². The summed E-state index contributed by atoms with van der Waals surface area (Å²) in [5.74, 6) is 1.76. The maximum atomic E-state index is 10.6. The van der Waals surface area contributed by atoms with Crippen molar-refractivity contribution in [2.75, 3.05) is 11.9 Å². The van der Waals surface area contributed by atoms with Gasteiger partial charge in [-0.2, -0.15) is 0 Å². The molecule has 1 aliphatic rings. The van der Waals surface area contributed by atoms with Crippen LogP contribution in [0.5, 0.6) is 0 Å². The minimum absolute atomic E-state index is 0.708. The number of carbonyl (C=O) groups excluding carboxylic acids is 1. The Morgan fingerprint density at radius 3 is 2.54 bits per heavy atom. The zero-order valence-corrected chi connectivity index (χ0v) is 16.7. The van der Waals surface area contributed by atoms with Crippen molar-refractivity contribution < 1.29 is 4.79 Å². The largest absolute Gasteiger partial charge is 0.335 e. The molecule has 1 fully saturated rings. The molecular weight excluding hydrogens is 322 g/mol. The van der Waals surface area contributed by atoms with Crippen molar-refractivity contribution in [3.05, 3.63) is 46.9 Å². The Bertz CT molecular complexity index is 636. The van der Waals surface area contributed by atoms with Crippen molar-refractivity contribution in [3.8, 4) is 0 Å². The number of likely N-dealkylation sites (N-methyl/N-ethyl adjacent to an activating group) is 1. The molecule has 1 aliphatic carbocycles. The normalized spacial score (nSPS) is 14.2. The second-order valence-corrected chi connectivity index (χ2v) is 7.22. The van der Waals surface area contributed by atoms with Gasteiger partial charge in [0.25, 0.3) is 0 Å². The van der Waals surface area contributed by atoms with Gasteiger partial charge < -0.3 is 10.2 Å². The lowest BCUT2D eigenvalue weighted by atomic mass is 9.88. The van der Waals surface area contributed by atoms with Crippen molar-refractivity contribution in [1.82, 2.24) is 10.3 Å². The SMILES string of the molecule is CCC(CC)CCc1ccc(N(C)C(=C2CCC2)/C(C)=C\NC=O)nc1. The first-order chi connectivity index (χ1) is 12.6. The van der Waals surface area contributed by atoms with Crippen LogP contribution in [0.4, 0.5) is 5.82 Å². The lowest BCUT2D eigenvalue weighted by Gasteiger charge is -2.30. The maximum absolute atomic E-state index is 10.6. The third-order valence-electron chi connectivity index (χ3n) is 5.52. The van der Waals surface area contributed by atoms with Gasteiger partial charge in [0, 0.05) is 25.1 Å². The zero-order chi connectivity index (χ0) is 18.9. The number of hydrogen-bond acceptors (Lipinski definition) is 3. The fourth-order valence-corrected chi connectivity index (χ4v) is 3.54. The fourth-order valence-electron chi connectivity index (χ4n) is 3.54. The molecule has 1 amide bonds. The Hall–Kier alpha value is -2.10. The quantitative estimate of drug-likeness (QED) is 0.602. The molecule has 2 rings (SSSR count). The molecule has 142 valence electrons. The summed E-state index contributed by atoms with van der Waals surface area (Å²) < 4.78 is 0. The van der Waals surface area contributed by atoms with E-state index in [2.05, 4.69) is 43.2 Å². The molecule has 0 aromatic carbocycles. The molecule has 1 N–H and O–H groups in total. The summed E-state index contributed by atoms with van der Waals surface area (Å²) in [4.78, 5) is 17.5. The Morgan fingerprint density at radius 2 is 2.04 bits per heavy atom. The Labute approximate surface area is 158 Å². The summed E-state index contributed by atoms with van der Waals surface area (Å²) in [5, 5.41) is 2.66. The van der Waals surface area contributed by atoms with Crippen LogP contribution in [-0.2, 0) is 11.2 Å². The van der Waals surface area contributed by atoms with Crippen molar-refractivity contribution in [1.29, 1.82) is 0 Å². The number of aryl methyl sites for hydroxylation is 1. The molecule has 0 radical (unpaired) electrons. The van der Waals surface area contributed by atoms with Crippen LogP contribution in [0.3, 0.4) is 0 Å². The van der Waals surface area contributed by atoms with Crippen LogP contribution in [0.25, 0.3) is 0 Å². The van der Waals surface area contributed by atoms with E-state index in [1.807, 2.05) is 13.1 Å².